The van der Waals surface area contributed by atoms with Crippen molar-refractivity contribution in [2.45, 2.75) is 57.7 Å². The van der Waals surface area contributed by atoms with Gasteiger partial charge in [-0.05, 0) is 31.1 Å². The Morgan fingerprint density at radius 1 is 1.18 bits per heavy atom. The fraction of sp³-hybridized carbons (Fsp3) is 0.923. The molecule has 0 atom stereocenters. The van der Waals surface area contributed by atoms with E-state index in [2.05, 4.69) is 0 Å². The topological polar surface area (TPSA) is 40.5 Å². The van der Waals surface area contributed by atoms with E-state index in [9.17, 15) is 14.3 Å². The normalized spacial score (nSPS) is 26.8. The van der Waals surface area contributed by atoms with Gasteiger partial charge in [-0.15, -0.1) is 0 Å². The Kier molecular flexibility index (Phi) is 2.77. The van der Waals surface area contributed by atoms with Crippen LogP contribution < -0.4 is 0 Å². The molecule has 0 aromatic carbocycles. The predicted molar refractivity (Wildman–Crippen MR) is 63.3 cm³/mol. The number of hydrogen-bond donors (Lipinski definition) is 1. The Morgan fingerprint density at radius 3 is 2.00 bits per heavy atom. The van der Waals surface area contributed by atoms with E-state index in [0.29, 0.717) is 38.8 Å². The van der Waals surface area contributed by atoms with Gasteiger partial charge in [-0.3, -0.25) is 4.79 Å². The quantitative estimate of drug-likeness (QED) is 0.764. The zero-order chi connectivity index (χ0) is 12.9. The predicted octanol–water partition coefficient (Wildman–Crippen LogP) is 1.89. The summed E-state index contributed by atoms with van der Waals surface area (Å²) in [5, 5.41) is 10.5. The number of alkyl halides is 1. The lowest BCUT2D eigenvalue weighted by Gasteiger charge is -2.46. The molecule has 0 aromatic rings. The first-order valence-electron chi connectivity index (χ1n) is 6.39. The third-order valence-electron chi connectivity index (χ3n) is 4.35. The monoisotopic (exact) mass is 243 g/mol. The van der Waals surface area contributed by atoms with Crippen molar-refractivity contribution in [3.05, 3.63) is 0 Å². The number of amides is 1. The highest BCUT2D eigenvalue weighted by molar-refractivity contribution is 5.88. The molecule has 17 heavy (non-hydrogen) atoms. The molecule has 3 nitrogen and oxygen atoms in total. The number of piperidine rings is 1. The minimum atomic E-state index is -1.57. The average Bonchev–Trinajstić information content (AvgIpc) is 2.96. The second-order valence-electron chi connectivity index (χ2n) is 6.54. The first-order chi connectivity index (χ1) is 7.68. The molecular formula is C13H22FNO2. The Hall–Kier alpha value is -0.640. The fourth-order valence-corrected chi connectivity index (χ4v) is 2.44. The van der Waals surface area contributed by atoms with Gasteiger partial charge in [-0.2, -0.15) is 0 Å². The van der Waals surface area contributed by atoms with Crippen molar-refractivity contribution in [3.63, 3.8) is 0 Å². The van der Waals surface area contributed by atoms with Crippen LogP contribution in [0.1, 0.15) is 46.5 Å². The van der Waals surface area contributed by atoms with Crippen LogP contribution in [0.3, 0.4) is 0 Å². The first kappa shape index (κ1) is 12.8. The third kappa shape index (κ3) is 2.19. The minimum absolute atomic E-state index is 0.199. The van der Waals surface area contributed by atoms with Crippen molar-refractivity contribution < 1.29 is 14.3 Å². The van der Waals surface area contributed by atoms with E-state index in [1.165, 1.54) is 0 Å². The number of carbonyl (C=O) groups excluding carboxylic acids is 1. The van der Waals surface area contributed by atoms with Crippen molar-refractivity contribution in [2.75, 3.05) is 13.1 Å². The summed E-state index contributed by atoms with van der Waals surface area (Å²) in [6, 6.07) is 0. The zero-order valence-electron chi connectivity index (χ0n) is 10.9. The van der Waals surface area contributed by atoms with Crippen LogP contribution in [0, 0.1) is 5.41 Å². The fourth-order valence-electron chi connectivity index (χ4n) is 2.44. The number of rotatable bonds is 1. The molecule has 0 radical (unpaired) electrons. The van der Waals surface area contributed by atoms with Gasteiger partial charge in [-0.25, -0.2) is 4.39 Å². The molecule has 1 N–H and O–H groups in total. The van der Waals surface area contributed by atoms with Gasteiger partial charge in [0.2, 0.25) is 0 Å². The molecular weight excluding hydrogens is 221 g/mol. The third-order valence-corrected chi connectivity index (χ3v) is 4.35. The maximum absolute atomic E-state index is 13.7. The van der Waals surface area contributed by atoms with E-state index in [0.717, 1.165) is 0 Å². The molecule has 2 rings (SSSR count). The molecule has 98 valence electrons. The number of carbonyl (C=O) groups is 1. The summed E-state index contributed by atoms with van der Waals surface area (Å²) in [6.45, 7) is 6.95. The van der Waals surface area contributed by atoms with Crippen molar-refractivity contribution in [3.8, 4) is 0 Å². The Balaban J connectivity index is 1.97. The van der Waals surface area contributed by atoms with Crippen LogP contribution in [0.2, 0.25) is 0 Å². The van der Waals surface area contributed by atoms with Gasteiger partial charge in [-0.1, -0.05) is 20.8 Å². The van der Waals surface area contributed by atoms with Gasteiger partial charge in [0.1, 0.15) is 0 Å². The van der Waals surface area contributed by atoms with E-state index >= 15 is 0 Å². The zero-order valence-corrected chi connectivity index (χ0v) is 10.9. The van der Waals surface area contributed by atoms with Crippen LogP contribution in [-0.4, -0.2) is 40.3 Å². The molecule has 0 spiro atoms. The molecule has 1 saturated carbocycles. The summed E-state index contributed by atoms with van der Waals surface area (Å²) < 4.78 is 13.7. The van der Waals surface area contributed by atoms with Crippen molar-refractivity contribution in [1.82, 2.24) is 4.90 Å². The molecule has 1 heterocycles. The van der Waals surface area contributed by atoms with Crippen LogP contribution in [0.25, 0.3) is 0 Å². The molecule has 2 aliphatic rings. The largest absolute Gasteiger partial charge is 0.389 e. The lowest BCUT2D eigenvalue weighted by atomic mass is 9.71. The minimum Gasteiger partial charge on any atom is -0.389 e. The van der Waals surface area contributed by atoms with E-state index in [1.807, 2.05) is 20.8 Å². The highest BCUT2D eigenvalue weighted by atomic mass is 19.1. The highest BCUT2D eigenvalue weighted by Crippen LogP contribution is 2.44. The van der Waals surface area contributed by atoms with Gasteiger partial charge in [0, 0.05) is 13.1 Å². The SMILES string of the molecule is CC(C)(C)C1(O)CCN(C(=O)C2(F)CC2)CC1. The summed E-state index contributed by atoms with van der Waals surface area (Å²) in [7, 11) is 0. The number of halogens is 1. The van der Waals surface area contributed by atoms with E-state index in [1.54, 1.807) is 4.90 Å². The Labute approximate surface area is 102 Å². The van der Waals surface area contributed by atoms with E-state index in [-0.39, 0.29) is 11.3 Å². The molecule has 1 amide bonds. The number of nitrogens with zero attached hydrogens (tertiary/aromatic N) is 1. The number of likely N-dealkylation sites (tertiary alicyclic amines) is 1. The van der Waals surface area contributed by atoms with Crippen LogP contribution in [-0.2, 0) is 4.79 Å². The van der Waals surface area contributed by atoms with E-state index < -0.39 is 11.3 Å². The summed E-state index contributed by atoms with van der Waals surface area (Å²) >= 11 is 0. The average molecular weight is 243 g/mol. The molecule has 2 fully saturated rings. The van der Waals surface area contributed by atoms with E-state index in [4.69, 9.17) is 0 Å². The van der Waals surface area contributed by atoms with Gasteiger partial charge in [0.25, 0.3) is 5.91 Å². The van der Waals surface area contributed by atoms with Crippen molar-refractivity contribution in [2.24, 2.45) is 5.41 Å². The first-order valence-corrected chi connectivity index (χ1v) is 6.39. The van der Waals surface area contributed by atoms with Crippen molar-refractivity contribution >= 4 is 5.91 Å². The number of aliphatic hydroxyl groups is 1. The lowest BCUT2D eigenvalue weighted by Crippen LogP contribution is -2.54. The Bertz CT molecular complexity index is 323. The summed E-state index contributed by atoms with van der Waals surface area (Å²) in [5.41, 5.74) is -2.51. The van der Waals surface area contributed by atoms with Crippen LogP contribution >= 0.6 is 0 Å². The molecule has 1 aliphatic heterocycles. The molecule has 4 heteroatoms. The second kappa shape index (κ2) is 3.67. The smallest absolute Gasteiger partial charge is 0.260 e. The van der Waals surface area contributed by atoms with Crippen LogP contribution in [0.4, 0.5) is 4.39 Å². The molecule has 0 unspecified atom stereocenters. The summed E-state index contributed by atoms with van der Waals surface area (Å²) in [6.07, 6.45) is 1.81. The van der Waals surface area contributed by atoms with Gasteiger partial charge in [0.05, 0.1) is 5.60 Å². The standard InChI is InChI=1S/C13H22FNO2/c1-11(2,3)13(17)6-8-15(9-7-13)10(16)12(14)4-5-12/h17H,4-9H2,1-3H3. The lowest BCUT2D eigenvalue weighted by molar-refractivity contribution is -0.147. The van der Waals surface area contributed by atoms with Crippen LogP contribution in [0.15, 0.2) is 0 Å². The maximum Gasteiger partial charge on any atom is 0.260 e. The summed E-state index contributed by atoms with van der Waals surface area (Å²) in [5.74, 6) is -0.367. The van der Waals surface area contributed by atoms with Gasteiger partial charge >= 0.3 is 0 Å². The van der Waals surface area contributed by atoms with Crippen molar-refractivity contribution in [1.29, 1.82) is 0 Å². The highest BCUT2D eigenvalue weighted by Gasteiger charge is 2.54. The number of hydrogen-bond acceptors (Lipinski definition) is 2. The summed E-state index contributed by atoms with van der Waals surface area (Å²) in [4.78, 5) is 13.4. The molecule has 0 bridgehead atoms. The van der Waals surface area contributed by atoms with Gasteiger partial charge < -0.3 is 10.0 Å². The molecule has 1 saturated heterocycles. The Morgan fingerprint density at radius 2 is 1.65 bits per heavy atom. The molecule has 0 aromatic heterocycles. The second-order valence-corrected chi connectivity index (χ2v) is 6.54. The maximum atomic E-state index is 13.7. The van der Waals surface area contributed by atoms with Gasteiger partial charge in [0.15, 0.2) is 5.67 Å². The van der Waals surface area contributed by atoms with Crippen LogP contribution in [0.5, 0.6) is 0 Å². The molecule has 1 aliphatic carbocycles.